The molecule has 0 radical (unpaired) electrons. The molecule has 0 aromatic heterocycles. The lowest BCUT2D eigenvalue weighted by atomic mass is 9.96. The summed E-state index contributed by atoms with van der Waals surface area (Å²) in [5, 5.41) is 5.78. The number of carbonyl (C=O) groups is 2. The number of fused-ring (bicyclic) bond motifs is 1. The molecule has 0 unspecified atom stereocenters. The molecule has 3 amide bonds. The van der Waals surface area contributed by atoms with Gasteiger partial charge in [-0.3, -0.25) is 15.6 Å². The maximum atomic E-state index is 12.7. The van der Waals surface area contributed by atoms with Crippen LogP contribution >= 0.6 is 0 Å². The van der Waals surface area contributed by atoms with Gasteiger partial charge in [-0.1, -0.05) is 25.1 Å². The molecule has 2 aliphatic heterocycles. The Kier molecular flexibility index (Phi) is 5.78. The molecule has 4 N–H and O–H groups in total. The van der Waals surface area contributed by atoms with Crippen molar-refractivity contribution in [3.8, 4) is 0 Å². The number of nitrogens with zero attached hydrogens (tertiary/aromatic N) is 1. The van der Waals surface area contributed by atoms with E-state index in [0.29, 0.717) is 36.8 Å². The molecule has 1 saturated heterocycles. The van der Waals surface area contributed by atoms with Crippen LogP contribution in [0.1, 0.15) is 46.3 Å². The van der Waals surface area contributed by atoms with E-state index in [-0.39, 0.29) is 11.9 Å². The quantitative estimate of drug-likeness (QED) is 0.629. The second kappa shape index (κ2) is 8.63. The third-order valence-corrected chi connectivity index (χ3v) is 5.47. The first kappa shape index (κ1) is 19.4. The number of hydrogen-bond donors (Lipinski definition) is 4. The molecule has 2 aliphatic rings. The van der Waals surface area contributed by atoms with E-state index in [9.17, 15) is 9.59 Å². The molecule has 4 rings (SSSR count). The highest BCUT2D eigenvalue weighted by Crippen LogP contribution is 2.27. The van der Waals surface area contributed by atoms with Gasteiger partial charge in [-0.25, -0.2) is 4.79 Å². The zero-order valence-corrected chi connectivity index (χ0v) is 16.6. The van der Waals surface area contributed by atoms with Crippen LogP contribution in [0.3, 0.4) is 0 Å². The summed E-state index contributed by atoms with van der Waals surface area (Å²) >= 11 is 0. The van der Waals surface area contributed by atoms with Crippen LogP contribution in [0, 0.1) is 0 Å². The van der Waals surface area contributed by atoms with E-state index in [4.69, 9.17) is 0 Å². The van der Waals surface area contributed by atoms with E-state index in [1.54, 1.807) is 24.3 Å². The number of benzene rings is 2. The fourth-order valence-corrected chi connectivity index (χ4v) is 3.76. The number of rotatable bonds is 5. The summed E-state index contributed by atoms with van der Waals surface area (Å²) in [7, 11) is 0. The van der Waals surface area contributed by atoms with E-state index in [2.05, 4.69) is 39.7 Å². The Morgan fingerprint density at radius 3 is 2.48 bits per heavy atom. The number of urea groups is 1. The summed E-state index contributed by atoms with van der Waals surface area (Å²) in [4.78, 5) is 26.5. The van der Waals surface area contributed by atoms with Gasteiger partial charge in [0.05, 0.1) is 0 Å². The lowest BCUT2D eigenvalue weighted by molar-refractivity contribution is 0.0953. The minimum absolute atomic E-state index is 0.0943. The van der Waals surface area contributed by atoms with Crippen molar-refractivity contribution in [1.29, 1.82) is 0 Å². The maximum absolute atomic E-state index is 12.7. The van der Waals surface area contributed by atoms with E-state index in [0.717, 1.165) is 19.5 Å². The molecule has 0 atom stereocenters. The number of carbonyl (C=O) groups excluding carboxylic acids is 2. The van der Waals surface area contributed by atoms with Gasteiger partial charge in [-0.05, 0) is 47.4 Å². The minimum atomic E-state index is -0.130. The smallest absolute Gasteiger partial charge is 0.322 e. The third kappa shape index (κ3) is 4.41. The number of hydrogen-bond acceptors (Lipinski definition) is 4. The van der Waals surface area contributed by atoms with Crippen LogP contribution in [0.5, 0.6) is 0 Å². The molecule has 2 heterocycles. The number of amides is 3. The summed E-state index contributed by atoms with van der Waals surface area (Å²) in [5.41, 5.74) is 11.3. The first-order valence-corrected chi connectivity index (χ1v) is 10.2. The second-order valence-corrected chi connectivity index (χ2v) is 7.61. The van der Waals surface area contributed by atoms with Gasteiger partial charge in [0, 0.05) is 49.9 Å². The highest BCUT2D eigenvalue weighted by atomic mass is 16.2. The van der Waals surface area contributed by atoms with Gasteiger partial charge in [0.1, 0.15) is 0 Å². The first-order valence-electron chi connectivity index (χ1n) is 10.2. The summed E-state index contributed by atoms with van der Waals surface area (Å²) < 4.78 is 0. The van der Waals surface area contributed by atoms with Gasteiger partial charge in [0.15, 0.2) is 0 Å². The minimum Gasteiger partial charge on any atom is -0.352 e. The van der Waals surface area contributed by atoms with Crippen LogP contribution in [0.4, 0.5) is 10.5 Å². The molecule has 152 valence electrons. The summed E-state index contributed by atoms with van der Waals surface area (Å²) in [6.07, 6.45) is 0.897. The summed E-state index contributed by atoms with van der Waals surface area (Å²) in [6, 6.07) is 13.4. The van der Waals surface area contributed by atoms with Crippen molar-refractivity contribution in [2.75, 3.05) is 25.0 Å². The van der Waals surface area contributed by atoms with Gasteiger partial charge in [0.25, 0.3) is 5.91 Å². The Hall–Kier alpha value is -2.90. The molecule has 0 saturated carbocycles. The molecule has 7 nitrogen and oxygen atoms in total. The van der Waals surface area contributed by atoms with E-state index in [1.807, 2.05) is 11.8 Å². The van der Waals surface area contributed by atoms with Crippen molar-refractivity contribution in [3.05, 3.63) is 64.7 Å². The van der Waals surface area contributed by atoms with Crippen molar-refractivity contribution >= 4 is 17.6 Å². The van der Waals surface area contributed by atoms with Crippen molar-refractivity contribution in [1.82, 2.24) is 21.1 Å². The van der Waals surface area contributed by atoms with E-state index < -0.39 is 0 Å². The standard InChI is InChI=1S/C22H27N5O2/c1-2-9-23-21(28)15-5-7-20(8-6-15)26-22(29)27-13-17-4-3-16(10-18(17)14-27)19-11-24-25-12-19/h3-8,10,19,24-25H,2,9,11-14H2,1H3,(H,23,28)(H,26,29). The Morgan fingerprint density at radius 2 is 1.76 bits per heavy atom. The highest BCUT2D eigenvalue weighted by molar-refractivity contribution is 5.95. The number of hydrazine groups is 1. The largest absolute Gasteiger partial charge is 0.352 e. The zero-order valence-electron chi connectivity index (χ0n) is 16.6. The number of anilines is 1. The Labute approximate surface area is 170 Å². The molecular formula is C22H27N5O2. The van der Waals surface area contributed by atoms with Crippen LogP contribution < -0.4 is 21.5 Å². The van der Waals surface area contributed by atoms with Crippen molar-refractivity contribution in [2.24, 2.45) is 0 Å². The van der Waals surface area contributed by atoms with Crippen molar-refractivity contribution < 1.29 is 9.59 Å². The van der Waals surface area contributed by atoms with Gasteiger partial charge in [-0.15, -0.1) is 0 Å². The maximum Gasteiger partial charge on any atom is 0.322 e. The fourth-order valence-electron chi connectivity index (χ4n) is 3.76. The lowest BCUT2D eigenvalue weighted by Crippen LogP contribution is -2.30. The van der Waals surface area contributed by atoms with Gasteiger partial charge in [0.2, 0.25) is 0 Å². The second-order valence-electron chi connectivity index (χ2n) is 7.61. The van der Waals surface area contributed by atoms with Crippen molar-refractivity contribution in [3.63, 3.8) is 0 Å². The van der Waals surface area contributed by atoms with Crippen LogP contribution in [-0.2, 0) is 13.1 Å². The summed E-state index contributed by atoms with van der Waals surface area (Å²) in [6.45, 7) is 5.74. The predicted octanol–water partition coefficient (Wildman–Crippen LogP) is 2.57. The zero-order chi connectivity index (χ0) is 20.2. The molecule has 0 spiro atoms. The first-order chi connectivity index (χ1) is 14.1. The molecule has 1 fully saturated rings. The molecule has 29 heavy (non-hydrogen) atoms. The van der Waals surface area contributed by atoms with Gasteiger partial charge in [-0.2, -0.15) is 0 Å². The SMILES string of the molecule is CCCNC(=O)c1ccc(NC(=O)N2Cc3ccc(C4CNNC4)cc3C2)cc1. The Balaban J connectivity index is 1.36. The molecule has 2 aromatic rings. The fraction of sp³-hybridized carbons (Fsp3) is 0.364. The van der Waals surface area contributed by atoms with Crippen molar-refractivity contribution in [2.45, 2.75) is 32.4 Å². The van der Waals surface area contributed by atoms with Gasteiger partial charge >= 0.3 is 6.03 Å². The number of nitrogens with one attached hydrogen (secondary N) is 4. The monoisotopic (exact) mass is 393 g/mol. The normalized spacial score (nSPS) is 16.0. The molecule has 7 heteroatoms. The predicted molar refractivity (Wildman–Crippen MR) is 113 cm³/mol. The lowest BCUT2D eigenvalue weighted by Gasteiger charge is -2.16. The molecule has 0 bridgehead atoms. The Morgan fingerprint density at radius 1 is 1.03 bits per heavy atom. The molecule has 0 aliphatic carbocycles. The Bertz CT molecular complexity index is 891. The van der Waals surface area contributed by atoms with E-state index in [1.165, 1.54) is 16.7 Å². The highest BCUT2D eigenvalue weighted by Gasteiger charge is 2.25. The van der Waals surface area contributed by atoms with Crippen LogP contribution in [0.25, 0.3) is 0 Å². The van der Waals surface area contributed by atoms with Crippen LogP contribution in [-0.4, -0.2) is 36.5 Å². The average Bonchev–Trinajstić information content (AvgIpc) is 3.41. The van der Waals surface area contributed by atoms with Crippen LogP contribution in [0.15, 0.2) is 42.5 Å². The molecule has 2 aromatic carbocycles. The molecular weight excluding hydrogens is 366 g/mol. The third-order valence-electron chi connectivity index (χ3n) is 5.47. The van der Waals surface area contributed by atoms with Crippen LogP contribution in [0.2, 0.25) is 0 Å². The average molecular weight is 393 g/mol. The topological polar surface area (TPSA) is 85.5 Å². The van der Waals surface area contributed by atoms with E-state index >= 15 is 0 Å². The summed E-state index contributed by atoms with van der Waals surface area (Å²) in [5.74, 6) is 0.374. The van der Waals surface area contributed by atoms with Gasteiger partial charge < -0.3 is 15.5 Å².